The zero-order chi connectivity index (χ0) is 23.4. The second kappa shape index (κ2) is 10.3. The number of nitrogens with zero attached hydrogens (tertiary/aromatic N) is 2. The maximum absolute atomic E-state index is 12.0. The van der Waals surface area contributed by atoms with Gasteiger partial charge in [0.2, 0.25) is 0 Å². The summed E-state index contributed by atoms with van der Waals surface area (Å²) in [6, 6.07) is 2.19. The number of carbonyl (C=O) groups excluding carboxylic acids is 1. The molecule has 2 saturated heterocycles. The van der Waals surface area contributed by atoms with E-state index >= 15 is 0 Å². The number of carboxylic acid groups (broad SMARTS) is 1. The summed E-state index contributed by atoms with van der Waals surface area (Å²) in [6.07, 6.45) is -3.01. The highest BCUT2D eigenvalue weighted by molar-refractivity contribution is 7.10. The molecule has 2 N–H and O–H groups in total. The molecule has 1 amide bonds. The normalized spacial score (nSPS) is 19.8. The lowest BCUT2D eigenvalue weighted by molar-refractivity contribution is -0.192. The molecule has 0 aromatic carbocycles. The fourth-order valence-corrected chi connectivity index (χ4v) is 5.39. The van der Waals surface area contributed by atoms with Crippen molar-refractivity contribution in [2.75, 3.05) is 26.2 Å². The number of amides is 1. The number of alkyl halides is 3. The van der Waals surface area contributed by atoms with Crippen LogP contribution in [-0.4, -0.2) is 64.9 Å². The molecule has 1 atom stereocenters. The third-order valence-corrected chi connectivity index (χ3v) is 7.20. The second-order valence-corrected chi connectivity index (χ2v) is 9.51. The fraction of sp³-hybridized carbons (Fsp3) is 0.550. The number of carboxylic acids is 1. The average molecular weight is 492 g/mol. The first-order valence-electron chi connectivity index (χ1n) is 9.96. The van der Waals surface area contributed by atoms with Crippen LogP contribution in [0.5, 0.6) is 0 Å². The number of aromatic nitrogens is 1. The van der Waals surface area contributed by atoms with Crippen LogP contribution in [0.1, 0.15) is 33.8 Å². The summed E-state index contributed by atoms with van der Waals surface area (Å²) in [7, 11) is 0. The van der Waals surface area contributed by atoms with E-state index in [1.165, 1.54) is 21.8 Å². The van der Waals surface area contributed by atoms with Gasteiger partial charge in [0, 0.05) is 43.0 Å². The monoisotopic (exact) mass is 491 g/mol. The largest absolute Gasteiger partial charge is 0.490 e. The van der Waals surface area contributed by atoms with Crippen LogP contribution in [0.15, 0.2) is 22.3 Å². The molecule has 0 saturated carbocycles. The van der Waals surface area contributed by atoms with E-state index < -0.39 is 12.1 Å². The molecule has 1 unspecified atom stereocenters. The van der Waals surface area contributed by atoms with Gasteiger partial charge in [0.05, 0.1) is 11.1 Å². The van der Waals surface area contributed by atoms with E-state index in [9.17, 15) is 18.0 Å². The van der Waals surface area contributed by atoms with E-state index in [0.717, 1.165) is 39.1 Å². The summed E-state index contributed by atoms with van der Waals surface area (Å²) in [5, 5.41) is 14.1. The number of halogens is 3. The summed E-state index contributed by atoms with van der Waals surface area (Å²) < 4.78 is 37.9. The summed E-state index contributed by atoms with van der Waals surface area (Å²) in [5.74, 6) is -2.30. The number of ether oxygens (including phenoxy) is 1. The number of hydrogen-bond acceptors (Lipinski definition) is 7. The Morgan fingerprint density at radius 1 is 1.41 bits per heavy atom. The van der Waals surface area contributed by atoms with E-state index in [1.54, 1.807) is 10.9 Å². The highest BCUT2D eigenvalue weighted by Gasteiger charge is 2.52. The molecule has 0 bridgehead atoms. The summed E-state index contributed by atoms with van der Waals surface area (Å²) in [6.45, 7) is 6.76. The first-order valence-corrected chi connectivity index (χ1v) is 11.8. The van der Waals surface area contributed by atoms with Gasteiger partial charge in [-0.05, 0) is 42.7 Å². The summed E-state index contributed by atoms with van der Waals surface area (Å²) in [4.78, 5) is 28.9. The van der Waals surface area contributed by atoms with Crippen molar-refractivity contribution in [2.24, 2.45) is 5.92 Å². The van der Waals surface area contributed by atoms with Crippen LogP contribution in [0.25, 0.3) is 0 Å². The van der Waals surface area contributed by atoms with Crippen LogP contribution in [0, 0.1) is 12.8 Å². The van der Waals surface area contributed by atoms with Gasteiger partial charge in [-0.3, -0.25) is 9.69 Å². The lowest BCUT2D eigenvalue weighted by Gasteiger charge is -2.50. The molecule has 0 radical (unpaired) electrons. The first-order chi connectivity index (χ1) is 15.1. The lowest BCUT2D eigenvalue weighted by Crippen LogP contribution is -2.64. The SMILES string of the molecule is Cc1ccsc1CN1CC2(C1)OCCC2CCNC(=O)c1cscn1.O=C(O)C(F)(F)F. The predicted octanol–water partition coefficient (Wildman–Crippen LogP) is 3.56. The standard InChI is InChI=1S/C18H23N3O2S2.C2HF3O2/c1-13-4-7-25-16(13)8-21-10-18(11-21)14(3-6-23-18)2-5-19-17(22)15-9-24-12-20-15;3-2(4,5)1(6)7/h4,7,9,12,14H,2-3,5-6,8,10-11H2,1H3,(H,19,22);(H,6,7). The molecular weight excluding hydrogens is 467 g/mol. The number of rotatable bonds is 6. The molecule has 2 aromatic rings. The Bertz CT molecular complexity index is 912. The second-order valence-electron chi connectivity index (χ2n) is 7.79. The molecule has 12 heteroatoms. The van der Waals surface area contributed by atoms with Crippen LogP contribution >= 0.6 is 22.7 Å². The van der Waals surface area contributed by atoms with Crippen molar-refractivity contribution in [1.82, 2.24) is 15.2 Å². The maximum atomic E-state index is 12.0. The smallest absolute Gasteiger partial charge is 0.475 e. The topological polar surface area (TPSA) is 91.8 Å². The van der Waals surface area contributed by atoms with Crippen molar-refractivity contribution in [1.29, 1.82) is 0 Å². The minimum atomic E-state index is -5.08. The number of thiophene rings is 1. The molecule has 176 valence electrons. The predicted molar refractivity (Wildman–Crippen MR) is 114 cm³/mol. The molecular formula is C20H24F3N3O4S2. The highest BCUT2D eigenvalue weighted by atomic mass is 32.1. The van der Waals surface area contributed by atoms with Crippen LogP contribution < -0.4 is 5.32 Å². The molecule has 2 aliphatic heterocycles. The molecule has 2 fully saturated rings. The third kappa shape index (κ3) is 6.06. The number of carbonyl (C=O) groups is 2. The minimum Gasteiger partial charge on any atom is -0.475 e. The van der Waals surface area contributed by atoms with E-state index in [0.29, 0.717) is 18.2 Å². The number of nitrogens with one attached hydrogen (secondary N) is 1. The van der Waals surface area contributed by atoms with Crippen LogP contribution in [0.3, 0.4) is 0 Å². The van der Waals surface area contributed by atoms with Gasteiger partial charge in [-0.1, -0.05) is 0 Å². The van der Waals surface area contributed by atoms with Gasteiger partial charge in [-0.25, -0.2) is 9.78 Å². The van der Waals surface area contributed by atoms with Crippen molar-refractivity contribution in [3.05, 3.63) is 38.5 Å². The molecule has 1 spiro atoms. The zero-order valence-electron chi connectivity index (χ0n) is 17.4. The van der Waals surface area contributed by atoms with E-state index in [1.807, 2.05) is 11.3 Å². The fourth-order valence-electron chi connectivity index (χ4n) is 3.91. The van der Waals surface area contributed by atoms with Gasteiger partial charge in [0.15, 0.2) is 0 Å². The number of thiazole rings is 1. The van der Waals surface area contributed by atoms with Crippen molar-refractivity contribution >= 4 is 34.6 Å². The molecule has 0 aliphatic carbocycles. The van der Waals surface area contributed by atoms with Crippen molar-refractivity contribution in [3.8, 4) is 0 Å². The molecule has 2 aromatic heterocycles. The first kappa shape index (κ1) is 24.6. The number of hydrogen-bond donors (Lipinski definition) is 2. The lowest BCUT2D eigenvalue weighted by atomic mass is 9.79. The van der Waals surface area contributed by atoms with Crippen molar-refractivity contribution in [2.45, 2.75) is 38.1 Å². The Balaban J connectivity index is 0.000000360. The third-order valence-electron chi connectivity index (χ3n) is 5.60. The minimum absolute atomic E-state index is 0.0104. The molecule has 2 aliphatic rings. The highest BCUT2D eigenvalue weighted by Crippen LogP contribution is 2.42. The van der Waals surface area contributed by atoms with Crippen LogP contribution in [0.2, 0.25) is 0 Å². The van der Waals surface area contributed by atoms with Crippen molar-refractivity contribution < 1.29 is 32.6 Å². The summed E-state index contributed by atoms with van der Waals surface area (Å²) in [5.41, 5.74) is 3.60. The van der Waals surface area contributed by atoms with E-state index in [-0.39, 0.29) is 11.5 Å². The molecule has 4 heterocycles. The zero-order valence-corrected chi connectivity index (χ0v) is 19.0. The van der Waals surface area contributed by atoms with Gasteiger partial charge in [-0.15, -0.1) is 22.7 Å². The molecule has 4 rings (SSSR count). The number of aliphatic carboxylic acids is 1. The van der Waals surface area contributed by atoms with E-state index in [2.05, 4.69) is 33.6 Å². The molecule has 7 nitrogen and oxygen atoms in total. The maximum Gasteiger partial charge on any atom is 0.490 e. The Hall–Kier alpha value is -2.02. The van der Waals surface area contributed by atoms with Gasteiger partial charge in [0.1, 0.15) is 5.69 Å². The Morgan fingerprint density at radius 3 is 2.69 bits per heavy atom. The Labute approximate surface area is 191 Å². The van der Waals surface area contributed by atoms with Gasteiger partial charge < -0.3 is 15.2 Å². The van der Waals surface area contributed by atoms with Crippen LogP contribution in [-0.2, 0) is 16.1 Å². The number of aryl methyl sites for hydroxylation is 1. The van der Waals surface area contributed by atoms with E-state index in [4.69, 9.17) is 14.6 Å². The molecule has 32 heavy (non-hydrogen) atoms. The Kier molecular flexibility index (Phi) is 7.91. The summed E-state index contributed by atoms with van der Waals surface area (Å²) >= 11 is 3.28. The van der Waals surface area contributed by atoms with Gasteiger partial charge >= 0.3 is 12.1 Å². The van der Waals surface area contributed by atoms with Crippen LogP contribution in [0.4, 0.5) is 13.2 Å². The van der Waals surface area contributed by atoms with Gasteiger partial charge in [-0.2, -0.15) is 13.2 Å². The Morgan fingerprint density at radius 2 is 2.12 bits per heavy atom. The van der Waals surface area contributed by atoms with Gasteiger partial charge in [0.25, 0.3) is 5.91 Å². The average Bonchev–Trinajstić information content (AvgIpc) is 3.43. The number of likely N-dealkylation sites (tertiary alicyclic amines) is 1. The quantitative estimate of drug-likeness (QED) is 0.642. The van der Waals surface area contributed by atoms with Crippen molar-refractivity contribution in [3.63, 3.8) is 0 Å².